The van der Waals surface area contributed by atoms with Gasteiger partial charge in [0.05, 0.1) is 23.5 Å². The maximum absolute atomic E-state index is 12.8. The first kappa shape index (κ1) is 25.9. The number of benzene rings is 2. The average Bonchev–Trinajstić information content (AvgIpc) is 3.58. The molecule has 0 unspecified atom stereocenters. The molecule has 2 atom stereocenters. The second-order valence-corrected chi connectivity index (χ2v) is 10.0. The molecule has 2 aromatic carbocycles. The van der Waals surface area contributed by atoms with Crippen LogP contribution in [0.2, 0.25) is 0 Å². The molecule has 2 heterocycles. The standard InChI is InChI=1S/C26H24N8O4S/c1-3-10-34(22-9-6-16-11-20-19(12-18(16)22)24(36)28-14(2)27-20)17-7-4-15(5-8-17)23(35)29-21(25(37)38)13-39-26-30-32-33-31-26/h1,4-5,7-8,11-12,21-22H,6,9-10,13H2,2H3,(H,29,35)(H,37,38)(H,27,28,36)(H,30,31,32,33)/t21-,22+/m0/s1. The number of carbonyl (C=O) groups is 2. The van der Waals surface area contributed by atoms with Crippen molar-refractivity contribution in [3.05, 3.63) is 69.3 Å². The summed E-state index contributed by atoms with van der Waals surface area (Å²) < 4.78 is 0. The molecule has 4 aromatic rings. The van der Waals surface area contributed by atoms with Crippen molar-refractivity contribution in [3.63, 3.8) is 0 Å². The van der Waals surface area contributed by atoms with Crippen LogP contribution >= 0.6 is 11.8 Å². The zero-order valence-corrected chi connectivity index (χ0v) is 21.7. The number of H-pyrrole nitrogens is 2. The molecule has 4 N–H and O–H groups in total. The molecule has 1 aliphatic carbocycles. The van der Waals surface area contributed by atoms with E-state index in [0.29, 0.717) is 34.0 Å². The molecule has 0 bridgehead atoms. The third-order valence-electron chi connectivity index (χ3n) is 6.55. The van der Waals surface area contributed by atoms with Crippen LogP contribution < -0.4 is 15.8 Å². The van der Waals surface area contributed by atoms with Crippen molar-refractivity contribution >= 4 is 40.2 Å². The minimum Gasteiger partial charge on any atom is -0.480 e. The van der Waals surface area contributed by atoms with Gasteiger partial charge in [-0.3, -0.25) is 9.59 Å². The molecule has 0 saturated carbocycles. The van der Waals surface area contributed by atoms with Gasteiger partial charge in [-0.05, 0) is 77.7 Å². The molecule has 1 aliphatic rings. The fourth-order valence-electron chi connectivity index (χ4n) is 4.74. The minimum atomic E-state index is -1.17. The summed E-state index contributed by atoms with van der Waals surface area (Å²) >= 11 is 1.09. The smallest absolute Gasteiger partial charge is 0.327 e. The Bertz CT molecular complexity index is 1630. The molecule has 1 amide bonds. The van der Waals surface area contributed by atoms with Crippen molar-refractivity contribution < 1.29 is 14.7 Å². The summed E-state index contributed by atoms with van der Waals surface area (Å²) in [5.74, 6) is 1.64. The minimum absolute atomic E-state index is 0.0413. The Labute approximate surface area is 226 Å². The van der Waals surface area contributed by atoms with Crippen LogP contribution in [0.3, 0.4) is 0 Å². The lowest BCUT2D eigenvalue weighted by Gasteiger charge is -2.30. The molecule has 0 radical (unpaired) electrons. The molecule has 198 valence electrons. The highest BCUT2D eigenvalue weighted by Crippen LogP contribution is 2.39. The van der Waals surface area contributed by atoms with E-state index in [2.05, 4.69) is 46.7 Å². The Balaban J connectivity index is 1.35. The topological polar surface area (TPSA) is 170 Å². The van der Waals surface area contributed by atoms with Crippen molar-refractivity contribution in [1.29, 1.82) is 0 Å². The summed E-state index contributed by atoms with van der Waals surface area (Å²) in [6, 6.07) is 9.52. The number of amides is 1. The Hall–Kier alpha value is -4.70. The van der Waals surface area contributed by atoms with Crippen LogP contribution in [0.1, 0.15) is 39.8 Å². The Kier molecular flexibility index (Phi) is 7.29. The first-order valence-corrected chi connectivity index (χ1v) is 13.1. The normalized spacial score (nSPS) is 14.9. The monoisotopic (exact) mass is 544 g/mol. The predicted octanol–water partition coefficient (Wildman–Crippen LogP) is 1.85. The fraction of sp³-hybridized carbons (Fsp3) is 0.269. The van der Waals surface area contributed by atoms with E-state index in [0.717, 1.165) is 41.4 Å². The van der Waals surface area contributed by atoms with Crippen LogP contribution in [0, 0.1) is 19.3 Å². The number of fused-ring (bicyclic) bond motifs is 2. The summed E-state index contributed by atoms with van der Waals surface area (Å²) in [5.41, 5.74) is 3.76. The molecule has 0 saturated heterocycles. The van der Waals surface area contributed by atoms with Crippen LogP contribution in [0.5, 0.6) is 0 Å². The second kappa shape index (κ2) is 11.0. The van der Waals surface area contributed by atoms with Crippen LogP contribution in [0.15, 0.2) is 46.3 Å². The van der Waals surface area contributed by atoms with Crippen LogP contribution in [-0.4, -0.2) is 65.9 Å². The van der Waals surface area contributed by atoms with E-state index >= 15 is 0 Å². The molecule has 0 aliphatic heterocycles. The van der Waals surface area contributed by atoms with E-state index in [1.807, 2.05) is 12.1 Å². The number of terminal acetylenes is 1. The average molecular weight is 545 g/mol. The molecule has 0 spiro atoms. The van der Waals surface area contributed by atoms with Gasteiger partial charge in [-0.15, -0.1) is 11.5 Å². The third kappa shape index (κ3) is 5.46. The maximum atomic E-state index is 12.8. The zero-order valence-electron chi connectivity index (χ0n) is 20.8. The lowest BCUT2D eigenvalue weighted by atomic mass is 10.0. The summed E-state index contributed by atoms with van der Waals surface area (Å²) in [4.78, 5) is 46.3. The van der Waals surface area contributed by atoms with Gasteiger partial charge in [0.15, 0.2) is 0 Å². The van der Waals surface area contributed by atoms with Gasteiger partial charge in [0.25, 0.3) is 11.5 Å². The van der Waals surface area contributed by atoms with Crippen molar-refractivity contribution in [2.75, 3.05) is 17.2 Å². The van der Waals surface area contributed by atoms with Crippen LogP contribution in [0.25, 0.3) is 10.9 Å². The first-order valence-electron chi connectivity index (χ1n) is 12.1. The van der Waals surface area contributed by atoms with Crippen molar-refractivity contribution in [2.24, 2.45) is 0 Å². The van der Waals surface area contributed by atoms with Gasteiger partial charge in [0.1, 0.15) is 11.9 Å². The van der Waals surface area contributed by atoms with E-state index < -0.39 is 17.9 Å². The number of rotatable bonds is 9. The SMILES string of the molecule is C#CCN(c1ccc(C(=O)N[C@@H](CSc2nnn[nH]2)C(=O)O)cc1)[C@@H]1CCc2cc3nc(C)[nH]c(=O)c3cc21. The lowest BCUT2D eigenvalue weighted by Crippen LogP contribution is -2.42. The van der Waals surface area contributed by atoms with Gasteiger partial charge in [0, 0.05) is 17.0 Å². The quantitative estimate of drug-likeness (QED) is 0.180. The molecule has 13 heteroatoms. The number of aliphatic carboxylic acids is 1. The number of carbonyl (C=O) groups excluding carboxylic acids is 1. The number of thioether (sulfide) groups is 1. The predicted molar refractivity (Wildman–Crippen MR) is 145 cm³/mol. The molecule has 12 nitrogen and oxygen atoms in total. The number of carboxylic acid groups (broad SMARTS) is 1. The summed E-state index contributed by atoms with van der Waals surface area (Å²) in [7, 11) is 0. The molecule has 5 rings (SSSR count). The number of aromatic amines is 2. The van der Waals surface area contributed by atoms with Gasteiger partial charge >= 0.3 is 5.97 Å². The fourth-order valence-corrected chi connectivity index (χ4v) is 5.49. The van der Waals surface area contributed by atoms with Gasteiger partial charge in [0.2, 0.25) is 5.16 Å². The largest absolute Gasteiger partial charge is 0.480 e. The molecule has 2 aromatic heterocycles. The van der Waals surface area contributed by atoms with Gasteiger partial charge in [-0.25, -0.2) is 14.9 Å². The number of aryl methyl sites for hydroxylation is 2. The van der Waals surface area contributed by atoms with Crippen molar-refractivity contribution in [1.82, 2.24) is 35.9 Å². The highest BCUT2D eigenvalue weighted by atomic mass is 32.2. The Morgan fingerprint density at radius 1 is 1.31 bits per heavy atom. The molecule has 39 heavy (non-hydrogen) atoms. The van der Waals surface area contributed by atoms with E-state index in [9.17, 15) is 19.5 Å². The number of hydrogen-bond donors (Lipinski definition) is 4. The number of nitrogens with one attached hydrogen (secondary N) is 3. The number of aromatic nitrogens is 6. The van der Waals surface area contributed by atoms with Gasteiger partial charge in [-0.2, -0.15) is 0 Å². The number of anilines is 1. The van der Waals surface area contributed by atoms with E-state index in [1.165, 1.54) is 0 Å². The van der Waals surface area contributed by atoms with Crippen molar-refractivity contribution in [2.45, 2.75) is 37.0 Å². The van der Waals surface area contributed by atoms with Crippen LogP contribution in [0.4, 0.5) is 5.69 Å². The number of hydrogen-bond acceptors (Lipinski definition) is 9. The van der Waals surface area contributed by atoms with Gasteiger partial charge < -0.3 is 20.3 Å². The summed E-state index contributed by atoms with van der Waals surface area (Å²) in [6.07, 6.45) is 7.35. The summed E-state index contributed by atoms with van der Waals surface area (Å²) in [5, 5.41) is 26.1. The van der Waals surface area contributed by atoms with E-state index in [1.54, 1.807) is 31.2 Å². The van der Waals surface area contributed by atoms with Crippen LogP contribution in [-0.2, 0) is 11.2 Å². The van der Waals surface area contributed by atoms with E-state index in [-0.39, 0.29) is 17.4 Å². The van der Waals surface area contributed by atoms with Gasteiger partial charge in [-0.1, -0.05) is 17.7 Å². The Morgan fingerprint density at radius 2 is 2.10 bits per heavy atom. The maximum Gasteiger partial charge on any atom is 0.327 e. The molecular weight excluding hydrogens is 520 g/mol. The molecular formula is C26H24N8O4S. The van der Waals surface area contributed by atoms with Crippen molar-refractivity contribution in [3.8, 4) is 12.3 Å². The number of tetrazole rings is 1. The Morgan fingerprint density at radius 3 is 2.79 bits per heavy atom. The second-order valence-electron chi connectivity index (χ2n) is 9.03. The zero-order chi connectivity index (χ0) is 27.5. The number of carboxylic acids is 1. The number of nitrogens with zero attached hydrogens (tertiary/aromatic N) is 5. The molecule has 0 fully saturated rings. The highest BCUT2D eigenvalue weighted by molar-refractivity contribution is 7.99. The third-order valence-corrected chi connectivity index (χ3v) is 7.49. The summed E-state index contributed by atoms with van der Waals surface area (Å²) in [6.45, 7) is 2.08. The highest BCUT2D eigenvalue weighted by Gasteiger charge is 2.29. The lowest BCUT2D eigenvalue weighted by molar-refractivity contribution is -0.138. The first-order chi connectivity index (χ1) is 18.8. The van der Waals surface area contributed by atoms with E-state index in [4.69, 9.17) is 6.42 Å².